The van der Waals surface area contributed by atoms with Crippen molar-refractivity contribution in [3.05, 3.63) is 95.4 Å². The molecule has 5 aliphatic heterocycles. The molecule has 5 aliphatic rings. The number of nitrogens with zero attached hydrogens (tertiary/aromatic N) is 2. The number of aliphatic hydroxyl groups excluding tert-OH is 2. The summed E-state index contributed by atoms with van der Waals surface area (Å²) in [5, 5.41) is 33.8. The number of aromatic nitrogens is 2. The van der Waals surface area contributed by atoms with E-state index in [4.69, 9.17) is 58.4 Å². The second-order valence-corrected chi connectivity index (χ2v) is 19.3. The summed E-state index contributed by atoms with van der Waals surface area (Å²) in [5.41, 5.74) is 3.81. The van der Waals surface area contributed by atoms with Crippen LogP contribution in [0.1, 0.15) is 121 Å². The van der Waals surface area contributed by atoms with Crippen molar-refractivity contribution in [1.82, 2.24) is 9.97 Å². The number of hydrogen-bond donors (Lipinski definition) is 3. The maximum Gasteiger partial charge on any atom is 0.330 e. The second-order valence-electron chi connectivity index (χ2n) is 19.3. The first-order valence-electron chi connectivity index (χ1n) is 24.0. The minimum atomic E-state index is -1.74. The standard InChI is InChI=1S/C53H70N2O13/c1-9-12-38(60-7)18-17-31(2)21-44(57)47-26-42(61-8)27-53(59,68-47)28-49-54-36(29-62-49)22-33(4)51-35(6)52-34(5)45(66-51)14-11-15-48-55-43(30-63-48)46-24-37(56)23-41(65-46)25-40-20-32(3)19-39(64-40)13-10-16-50(58)67-52/h1,10-11,15-18,21-22,29-30,34-35,37-42,44-47,51-52,56-57,59H,3,12-14,19-20,23-28H2,2,4-8H3/b15-11+,16-10-,18-17+,31-21+,33-22+/t34-,35+,37-,38-,39+,40-,41+,42-,44-,45-,46-,47-,51+,52+,53+/m1/s1. The zero-order valence-electron chi connectivity index (χ0n) is 40.2. The average molecular weight is 943 g/mol. The van der Waals surface area contributed by atoms with Crippen LogP contribution in [0.15, 0.2) is 81.1 Å². The van der Waals surface area contributed by atoms with Gasteiger partial charge in [0, 0.05) is 64.2 Å². The molecular weight excluding hydrogens is 873 g/mol. The summed E-state index contributed by atoms with van der Waals surface area (Å²) in [6.45, 7) is 12.1. The molecule has 15 heteroatoms. The van der Waals surface area contributed by atoms with Gasteiger partial charge in [-0.2, -0.15) is 0 Å². The fourth-order valence-corrected chi connectivity index (χ4v) is 10.3. The monoisotopic (exact) mass is 942 g/mol. The van der Waals surface area contributed by atoms with E-state index in [1.807, 2.05) is 58.1 Å². The lowest BCUT2D eigenvalue weighted by Gasteiger charge is -2.44. The van der Waals surface area contributed by atoms with E-state index >= 15 is 0 Å². The number of aliphatic hydroxyl groups is 3. The van der Waals surface area contributed by atoms with Crippen molar-refractivity contribution in [2.24, 2.45) is 11.8 Å². The topological polar surface area (TPSA) is 194 Å². The molecule has 3 N–H and O–H groups in total. The van der Waals surface area contributed by atoms with E-state index in [1.54, 1.807) is 32.6 Å². The van der Waals surface area contributed by atoms with Crippen LogP contribution in [0.2, 0.25) is 0 Å². The van der Waals surface area contributed by atoms with Gasteiger partial charge in [0.15, 0.2) is 11.7 Å². The van der Waals surface area contributed by atoms with Crippen molar-refractivity contribution in [2.45, 2.75) is 177 Å². The van der Waals surface area contributed by atoms with Crippen molar-refractivity contribution in [2.75, 3.05) is 14.2 Å². The summed E-state index contributed by atoms with van der Waals surface area (Å²) < 4.78 is 55.0. The molecule has 0 aliphatic carbocycles. The Morgan fingerprint density at radius 1 is 1.00 bits per heavy atom. The Balaban J connectivity index is 1.07. The van der Waals surface area contributed by atoms with Crippen molar-refractivity contribution in [1.29, 1.82) is 0 Å². The fraction of sp³-hybridized carbons (Fsp3) is 0.604. The van der Waals surface area contributed by atoms with Gasteiger partial charge in [0.1, 0.15) is 36.1 Å². The van der Waals surface area contributed by atoms with Gasteiger partial charge in [-0.15, -0.1) is 12.3 Å². The number of esters is 1. The molecule has 0 amide bonds. The Labute approximate surface area is 400 Å². The molecule has 0 radical (unpaired) electrons. The Kier molecular flexibility index (Phi) is 17.7. The van der Waals surface area contributed by atoms with Crippen molar-refractivity contribution in [3.63, 3.8) is 0 Å². The fourth-order valence-electron chi connectivity index (χ4n) is 10.3. The quantitative estimate of drug-likeness (QED) is 0.0868. The highest BCUT2D eigenvalue weighted by molar-refractivity contribution is 5.82. The summed E-state index contributed by atoms with van der Waals surface area (Å²) >= 11 is 0. The maximum atomic E-state index is 13.5. The summed E-state index contributed by atoms with van der Waals surface area (Å²) in [7, 11) is 3.15. The summed E-state index contributed by atoms with van der Waals surface area (Å²) in [6, 6.07) is 0. The number of terminal acetylenes is 1. The van der Waals surface area contributed by atoms with Gasteiger partial charge in [0.05, 0.1) is 67.5 Å². The summed E-state index contributed by atoms with van der Waals surface area (Å²) in [5.74, 6) is 0.609. The maximum absolute atomic E-state index is 13.5. The van der Waals surface area contributed by atoms with Crippen LogP contribution in [0.25, 0.3) is 12.2 Å². The van der Waals surface area contributed by atoms with E-state index in [2.05, 4.69) is 12.5 Å². The van der Waals surface area contributed by atoms with Gasteiger partial charge < -0.3 is 57.3 Å². The third kappa shape index (κ3) is 13.6. The minimum absolute atomic E-state index is 0.0919. The Morgan fingerprint density at radius 2 is 1.79 bits per heavy atom. The van der Waals surface area contributed by atoms with Gasteiger partial charge in [-0.3, -0.25) is 0 Å². The lowest BCUT2D eigenvalue weighted by molar-refractivity contribution is -0.286. The number of carbonyl (C=O) groups is 1. The highest BCUT2D eigenvalue weighted by Crippen LogP contribution is 2.40. The van der Waals surface area contributed by atoms with E-state index < -0.39 is 54.5 Å². The Hall–Kier alpha value is -4.47. The molecule has 4 saturated heterocycles. The largest absolute Gasteiger partial charge is 0.458 e. The van der Waals surface area contributed by atoms with Crippen molar-refractivity contribution >= 4 is 18.1 Å². The third-order valence-corrected chi connectivity index (χ3v) is 13.7. The SMILES string of the molecule is C#CC[C@H](/C=C/C(C)=C/[C@@H](O)[C@H]1C[C@@H](OC)C[C@@](O)(Cc2nc(/C=C(\C)[C@@H]3O[C@@H]4C/C=C/c5nc(co5)[C@H]5C[C@H](O)C[C@@H](C[C@H]6CC(=C)C[C@H](C/C=C\C(=O)O[C@H]([C@H]3C)[C@@H]4C)O6)O5)co2)O1)OC. The number of carbonyl (C=O) groups excluding carboxylic acids is 1. The molecule has 0 aromatic carbocycles. The van der Waals surface area contributed by atoms with Gasteiger partial charge in [-0.05, 0) is 63.7 Å². The average Bonchev–Trinajstić information content (AvgIpc) is 3.95. The van der Waals surface area contributed by atoms with E-state index in [1.165, 1.54) is 12.3 Å². The van der Waals surface area contributed by atoms with Crippen LogP contribution in [0, 0.1) is 24.2 Å². The lowest BCUT2D eigenvalue weighted by atomic mass is 9.79. The summed E-state index contributed by atoms with van der Waals surface area (Å²) in [6.07, 6.45) is 22.3. The van der Waals surface area contributed by atoms with E-state index in [0.717, 1.165) is 16.7 Å². The molecule has 15 nitrogen and oxygen atoms in total. The molecule has 7 heterocycles. The van der Waals surface area contributed by atoms with Crippen LogP contribution < -0.4 is 0 Å². The molecule has 68 heavy (non-hydrogen) atoms. The highest BCUT2D eigenvalue weighted by Gasteiger charge is 2.45. The molecule has 2 aromatic heterocycles. The molecule has 15 atom stereocenters. The first kappa shape index (κ1) is 51.4. The smallest absolute Gasteiger partial charge is 0.330 e. The van der Waals surface area contributed by atoms with Gasteiger partial charge in [-0.1, -0.05) is 62.0 Å². The number of oxazole rings is 2. The van der Waals surface area contributed by atoms with Crippen LogP contribution in [0.3, 0.4) is 0 Å². The number of methoxy groups -OCH3 is 2. The number of rotatable bonds is 11. The molecule has 0 saturated carbocycles. The molecule has 7 rings (SSSR count). The van der Waals surface area contributed by atoms with Gasteiger partial charge in [-0.25, -0.2) is 14.8 Å². The number of ether oxygens (including phenoxy) is 7. The predicted octanol–water partition coefficient (Wildman–Crippen LogP) is 7.48. The lowest BCUT2D eigenvalue weighted by Crippen LogP contribution is -2.51. The zero-order valence-corrected chi connectivity index (χ0v) is 40.2. The first-order chi connectivity index (χ1) is 32.6. The first-order valence-corrected chi connectivity index (χ1v) is 24.0. The number of hydrogen-bond acceptors (Lipinski definition) is 15. The Bertz CT molecular complexity index is 2220. The van der Waals surface area contributed by atoms with Crippen molar-refractivity contribution < 1.29 is 62.1 Å². The molecular formula is C53H70N2O13. The minimum Gasteiger partial charge on any atom is -0.458 e. The van der Waals surface area contributed by atoms with Crippen LogP contribution in [-0.2, 0) is 44.4 Å². The predicted molar refractivity (Wildman–Crippen MR) is 252 cm³/mol. The van der Waals surface area contributed by atoms with Crippen LogP contribution >= 0.6 is 0 Å². The van der Waals surface area contributed by atoms with Gasteiger partial charge in [0.2, 0.25) is 5.89 Å². The van der Waals surface area contributed by atoms with E-state index in [9.17, 15) is 20.1 Å². The van der Waals surface area contributed by atoms with Gasteiger partial charge >= 0.3 is 5.97 Å². The number of allylic oxidation sites excluding steroid dienone is 2. The van der Waals surface area contributed by atoms with E-state index in [0.29, 0.717) is 75.1 Å². The molecule has 2 aromatic rings. The van der Waals surface area contributed by atoms with Crippen molar-refractivity contribution in [3.8, 4) is 12.3 Å². The molecule has 0 unspecified atom stereocenters. The van der Waals surface area contributed by atoms with Crippen LogP contribution in [-0.4, -0.2) is 118 Å². The normalized spacial score (nSPS) is 36.2. The highest BCUT2D eigenvalue weighted by atomic mass is 16.6. The molecule has 8 bridgehead atoms. The zero-order chi connectivity index (χ0) is 48.5. The van der Waals surface area contributed by atoms with Crippen LogP contribution in [0.4, 0.5) is 0 Å². The molecule has 0 spiro atoms. The third-order valence-electron chi connectivity index (χ3n) is 13.7. The second kappa shape index (κ2) is 23.4. The Morgan fingerprint density at radius 3 is 2.57 bits per heavy atom. The van der Waals surface area contributed by atoms with E-state index in [-0.39, 0.29) is 61.1 Å². The summed E-state index contributed by atoms with van der Waals surface area (Å²) in [4.78, 5) is 23.0. The van der Waals surface area contributed by atoms with Crippen LogP contribution in [0.5, 0.6) is 0 Å². The molecule has 370 valence electrons. The van der Waals surface area contributed by atoms with Gasteiger partial charge in [0.25, 0.3) is 0 Å². The molecule has 4 fully saturated rings. The number of fused-ring (bicyclic) bond motifs is 9.